The van der Waals surface area contributed by atoms with Gasteiger partial charge in [0, 0.05) is 12.1 Å². The maximum atomic E-state index is 11.7. The molecule has 102 valence electrons. The smallest absolute Gasteiger partial charge is 0.237 e. The van der Waals surface area contributed by atoms with Crippen molar-refractivity contribution in [3.63, 3.8) is 0 Å². The van der Waals surface area contributed by atoms with Crippen LogP contribution in [0.3, 0.4) is 0 Å². The summed E-state index contributed by atoms with van der Waals surface area (Å²) in [6.07, 6.45) is 0.284. The second-order valence-corrected chi connectivity index (χ2v) is 5.10. The molecule has 0 aliphatic heterocycles. The van der Waals surface area contributed by atoms with Crippen LogP contribution in [0.5, 0.6) is 0 Å². The number of carbonyl (C=O) groups excluding carboxylic acids is 2. The van der Waals surface area contributed by atoms with Gasteiger partial charge in [0.1, 0.15) is 0 Å². The molecule has 0 rings (SSSR count). The van der Waals surface area contributed by atoms with Gasteiger partial charge >= 0.3 is 0 Å². The first-order valence-electron chi connectivity index (χ1n) is 5.95. The minimum absolute atomic E-state index is 0.0597. The lowest BCUT2D eigenvalue weighted by Gasteiger charge is -2.23. The first kappa shape index (κ1) is 16.4. The molecule has 0 aliphatic rings. The molecule has 1 atom stereocenters. The van der Waals surface area contributed by atoms with Crippen LogP contribution < -0.4 is 16.0 Å². The van der Waals surface area contributed by atoms with Crippen molar-refractivity contribution in [3.8, 4) is 6.07 Å². The summed E-state index contributed by atoms with van der Waals surface area (Å²) in [5.74, 6) is -0.368. The van der Waals surface area contributed by atoms with Crippen molar-refractivity contribution < 1.29 is 9.59 Å². The predicted octanol–water partition coefficient (Wildman–Crippen LogP) is -0.0909. The SMILES string of the molecule is CC(NCC(=O)NCCC#N)C(=O)NC(C)(C)C. The van der Waals surface area contributed by atoms with Crippen molar-refractivity contribution in [2.24, 2.45) is 0 Å². The van der Waals surface area contributed by atoms with Gasteiger partial charge in [-0.1, -0.05) is 0 Å². The van der Waals surface area contributed by atoms with E-state index in [4.69, 9.17) is 5.26 Å². The van der Waals surface area contributed by atoms with Gasteiger partial charge in [-0.05, 0) is 27.7 Å². The van der Waals surface area contributed by atoms with Gasteiger partial charge in [-0.2, -0.15) is 5.26 Å². The summed E-state index contributed by atoms with van der Waals surface area (Å²) in [7, 11) is 0. The standard InChI is InChI=1S/C12H22N4O2/c1-9(11(18)16-12(2,3)4)15-8-10(17)14-7-5-6-13/h9,15H,5,7-8H2,1-4H3,(H,14,17)(H,16,18). The quantitative estimate of drug-likeness (QED) is 0.577. The summed E-state index contributed by atoms with van der Waals surface area (Å²) < 4.78 is 0. The summed E-state index contributed by atoms with van der Waals surface area (Å²) in [5.41, 5.74) is -0.290. The Hall–Kier alpha value is -1.61. The molecule has 0 bridgehead atoms. The topological polar surface area (TPSA) is 94.0 Å². The molecule has 3 N–H and O–H groups in total. The zero-order chi connectivity index (χ0) is 14.2. The van der Waals surface area contributed by atoms with E-state index in [9.17, 15) is 9.59 Å². The first-order chi connectivity index (χ1) is 8.26. The number of nitriles is 1. The van der Waals surface area contributed by atoms with Crippen molar-refractivity contribution >= 4 is 11.8 Å². The summed E-state index contributed by atoms with van der Waals surface area (Å²) in [6, 6.07) is 1.49. The number of nitrogens with zero attached hydrogens (tertiary/aromatic N) is 1. The Morgan fingerprint density at radius 1 is 1.33 bits per heavy atom. The number of hydrogen-bond donors (Lipinski definition) is 3. The van der Waals surface area contributed by atoms with Crippen LogP contribution in [0.1, 0.15) is 34.1 Å². The van der Waals surface area contributed by atoms with Gasteiger partial charge < -0.3 is 10.6 Å². The van der Waals surface area contributed by atoms with Crippen LogP contribution in [0.25, 0.3) is 0 Å². The molecule has 18 heavy (non-hydrogen) atoms. The van der Waals surface area contributed by atoms with E-state index in [1.807, 2.05) is 26.8 Å². The van der Waals surface area contributed by atoms with E-state index in [0.717, 1.165) is 0 Å². The summed E-state index contributed by atoms with van der Waals surface area (Å²) in [4.78, 5) is 23.0. The molecule has 0 radical (unpaired) electrons. The lowest BCUT2D eigenvalue weighted by Crippen LogP contribution is -2.51. The third kappa shape index (κ3) is 8.53. The highest BCUT2D eigenvalue weighted by Crippen LogP contribution is 1.99. The second kappa shape index (κ2) is 7.67. The number of carbonyl (C=O) groups is 2. The van der Waals surface area contributed by atoms with E-state index in [0.29, 0.717) is 6.54 Å². The van der Waals surface area contributed by atoms with Crippen LogP contribution in [-0.2, 0) is 9.59 Å². The number of nitrogens with one attached hydrogen (secondary N) is 3. The normalized spacial score (nSPS) is 12.4. The molecule has 0 heterocycles. The Morgan fingerprint density at radius 2 is 1.94 bits per heavy atom. The zero-order valence-corrected chi connectivity index (χ0v) is 11.5. The molecule has 0 aromatic heterocycles. The molecule has 0 saturated heterocycles. The van der Waals surface area contributed by atoms with Gasteiger partial charge in [-0.3, -0.25) is 14.9 Å². The van der Waals surface area contributed by atoms with Crippen LogP contribution in [0, 0.1) is 11.3 Å². The minimum atomic E-state index is -0.439. The molecular formula is C12H22N4O2. The molecule has 0 spiro atoms. The average molecular weight is 254 g/mol. The third-order valence-electron chi connectivity index (χ3n) is 2.02. The van der Waals surface area contributed by atoms with E-state index < -0.39 is 6.04 Å². The molecule has 6 heteroatoms. The molecule has 2 amide bonds. The predicted molar refractivity (Wildman–Crippen MR) is 68.6 cm³/mol. The molecule has 0 aromatic rings. The summed E-state index contributed by atoms with van der Waals surface area (Å²) in [5, 5.41) is 16.5. The Bertz CT molecular complexity index is 328. The monoisotopic (exact) mass is 254 g/mol. The fourth-order valence-electron chi connectivity index (χ4n) is 1.14. The van der Waals surface area contributed by atoms with Gasteiger partial charge in [0.05, 0.1) is 25.1 Å². The Morgan fingerprint density at radius 3 is 2.44 bits per heavy atom. The first-order valence-corrected chi connectivity index (χ1v) is 5.95. The fourth-order valence-corrected chi connectivity index (χ4v) is 1.14. The highest BCUT2D eigenvalue weighted by Gasteiger charge is 2.19. The lowest BCUT2D eigenvalue weighted by molar-refractivity contribution is -0.124. The average Bonchev–Trinajstić information content (AvgIpc) is 2.23. The van der Waals surface area contributed by atoms with Crippen molar-refractivity contribution in [1.29, 1.82) is 5.26 Å². The van der Waals surface area contributed by atoms with Gasteiger partial charge in [0.25, 0.3) is 0 Å². The molecule has 0 saturated carbocycles. The maximum Gasteiger partial charge on any atom is 0.237 e. The second-order valence-electron chi connectivity index (χ2n) is 5.10. The number of rotatable bonds is 6. The lowest BCUT2D eigenvalue weighted by atomic mass is 10.1. The maximum absolute atomic E-state index is 11.7. The largest absolute Gasteiger partial charge is 0.354 e. The van der Waals surface area contributed by atoms with Crippen LogP contribution in [0.15, 0.2) is 0 Å². The molecule has 0 fully saturated rings. The summed E-state index contributed by atoms with van der Waals surface area (Å²) >= 11 is 0. The van der Waals surface area contributed by atoms with Gasteiger partial charge in [-0.25, -0.2) is 0 Å². The van der Waals surface area contributed by atoms with Crippen LogP contribution in [0.2, 0.25) is 0 Å². The van der Waals surface area contributed by atoms with E-state index in [1.165, 1.54) is 0 Å². The van der Waals surface area contributed by atoms with Gasteiger partial charge in [-0.15, -0.1) is 0 Å². The Kier molecular flexibility index (Phi) is 6.98. The van der Waals surface area contributed by atoms with Gasteiger partial charge in [0.15, 0.2) is 0 Å². The Balaban J connectivity index is 3.89. The van der Waals surface area contributed by atoms with E-state index in [1.54, 1.807) is 6.92 Å². The molecule has 0 aliphatic carbocycles. The van der Waals surface area contributed by atoms with Crippen molar-refractivity contribution in [3.05, 3.63) is 0 Å². The van der Waals surface area contributed by atoms with Crippen molar-refractivity contribution in [2.45, 2.75) is 45.7 Å². The minimum Gasteiger partial charge on any atom is -0.354 e. The Labute approximate surface area is 108 Å². The molecule has 0 aromatic carbocycles. The number of hydrogen-bond acceptors (Lipinski definition) is 4. The number of amides is 2. The zero-order valence-electron chi connectivity index (χ0n) is 11.5. The highest BCUT2D eigenvalue weighted by atomic mass is 16.2. The van der Waals surface area contributed by atoms with Crippen molar-refractivity contribution in [1.82, 2.24) is 16.0 Å². The third-order valence-corrected chi connectivity index (χ3v) is 2.02. The molecule has 1 unspecified atom stereocenters. The van der Waals surface area contributed by atoms with Crippen molar-refractivity contribution in [2.75, 3.05) is 13.1 Å². The van der Waals surface area contributed by atoms with E-state index in [-0.39, 0.29) is 30.3 Å². The van der Waals surface area contributed by atoms with Crippen LogP contribution >= 0.6 is 0 Å². The van der Waals surface area contributed by atoms with Gasteiger partial charge in [0.2, 0.25) is 11.8 Å². The van der Waals surface area contributed by atoms with E-state index in [2.05, 4.69) is 16.0 Å². The summed E-state index contributed by atoms with van der Waals surface area (Å²) in [6.45, 7) is 7.78. The highest BCUT2D eigenvalue weighted by molar-refractivity contribution is 5.83. The van der Waals surface area contributed by atoms with Crippen LogP contribution in [-0.4, -0.2) is 36.5 Å². The van der Waals surface area contributed by atoms with E-state index >= 15 is 0 Å². The fraction of sp³-hybridized carbons (Fsp3) is 0.750. The molecular weight excluding hydrogens is 232 g/mol. The molecule has 6 nitrogen and oxygen atoms in total. The van der Waals surface area contributed by atoms with Crippen LogP contribution in [0.4, 0.5) is 0 Å².